The topological polar surface area (TPSA) is 0 Å². The molecule has 3 saturated carbocycles. The molecule has 0 bridgehead atoms. The Morgan fingerprint density at radius 2 is 1.22 bits per heavy atom. The second-order valence-corrected chi connectivity index (χ2v) is 8.79. The normalized spacial score (nSPS) is 40.0. The Kier molecular flexibility index (Phi) is 6.43. The van der Waals surface area contributed by atoms with Crippen LogP contribution in [0, 0.1) is 35.5 Å². The van der Waals surface area contributed by atoms with Crippen LogP contribution in [0.15, 0.2) is 25.3 Å². The molecule has 0 radical (unpaired) electrons. The van der Waals surface area contributed by atoms with Crippen molar-refractivity contribution in [1.29, 1.82) is 0 Å². The second-order valence-electron chi connectivity index (χ2n) is 8.79. The van der Waals surface area contributed by atoms with Gasteiger partial charge in [0.1, 0.15) is 0 Å². The molecule has 2 atom stereocenters. The van der Waals surface area contributed by atoms with E-state index in [0.29, 0.717) is 0 Å². The van der Waals surface area contributed by atoms with Gasteiger partial charge in [0.25, 0.3) is 0 Å². The third kappa shape index (κ3) is 4.52. The number of allylic oxidation sites excluding steroid dienone is 2. The van der Waals surface area contributed by atoms with Gasteiger partial charge in [0.05, 0.1) is 0 Å². The number of fused-ring (bicyclic) bond motifs is 1. The van der Waals surface area contributed by atoms with Gasteiger partial charge in [0, 0.05) is 0 Å². The predicted molar refractivity (Wildman–Crippen MR) is 101 cm³/mol. The van der Waals surface area contributed by atoms with Gasteiger partial charge < -0.3 is 0 Å². The first-order chi connectivity index (χ1) is 11.3. The highest BCUT2D eigenvalue weighted by atomic mass is 14.6. The lowest BCUT2D eigenvalue weighted by Crippen LogP contribution is -2.17. The van der Waals surface area contributed by atoms with Gasteiger partial charge in [0.15, 0.2) is 0 Å². The molecule has 3 aliphatic carbocycles. The van der Waals surface area contributed by atoms with E-state index in [0.717, 1.165) is 35.5 Å². The zero-order valence-electron chi connectivity index (χ0n) is 15.2. The van der Waals surface area contributed by atoms with E-state index in [9.17, 15) is 0 Å². The standard InChI is InChI=1S/C23H38/c1-3-5-7-9-19-10-14-20(15-11-19)23-21-16-12-18(8-6-4-2)13-17-22(21)23/h3-4,18-23H,1-2,5-17H2. The lowest BCUT2D eigenvalue weighted by atomic mass is 9.76. The summed E-state index contributed by atoms with van der Waals surface area (Å²) in [4.78, 5) is 0. The van der Waals surface area contributed by atoms with Crippen LogP contribution in [0.1, 0.15) is 83.5 Å². The quantitative estimate of drug-likeness (QED) is 0.329. The molecule has 0 amide bonds. The highest BCUT2D eigenvalue weighted by Gasteiger charge is 2.53. The Balaban J connectivity index is 1.37. The molecule has 0 saturated heterocycles. The molecule has 0 nitrogen and oxygen atoms in total. The minimum Gasteiger partial charge on any atom is -0.103 e. The SMILES string of the molecule is C=CCCCC1CCC(C2C3CCC(CCC=C)CCC32)CC1. The van der Waals surface area contributed by atoms with Crippen molar-refractivity contribution >= 4 is 0 Å². The molecule has 0 heterocycles. The maximum Gasteiger partial charge on any atom is -0.0323 e. The van der Waals surface area contributed by atoms with E-state index in [1.54, 1.807) is 25.7 Å². The monoisotopic (exact) mass is 314 g/mol. The van der Waals surface area contributed by atoms with Gasteiger partial charge in [-0.15, -0.1) is 13.2 Å². The predicted octanol–water partition coefficient (Wildman–Crippen LogP) is 7.17. The van der Waals surface area contributed by atoms with E-state index in [1.807, 2.05) is 0 Å². The minimum absolute atomic E-state index is 1.02. The molecular weight excluding hydrogens is 276 g/mol. The highest BCUT2D eigenvalue weighted by Crippen LogP contribution is 2.61. The molecule has 0 aromatic carbocycles. The van der Waals surface area contributed by atoms with Crippen molar-refractivity contribution < 1.29 is 0 Å². The molecule has 0 heteroatoms. The first-order valence-electron chi connectivity index (χ1n) is 10.5. The van der Waals surface area contributed by atoms with Crippen molar-refractivity contribution in [2.24, 2.45) is 35.5 Å². The maximum atomic E-state index is 3.89. The summed E-state index contributed by atoms with van der Waals surface area (Å²) in [6.07, 6.45) is 23.2. The Hall–Kier alpha value is -0.520. The van der Waals surface area contributed by atoms with Crippen LogP contribution < -0.4 is 0 Å². The van der Waals surface area contributed by atoms with E-state index in [1.165, 1.54) is 57.8 Å². The molecular formula is C23H38. The zero-order chi connectivity index (χ0) is 16.1. The van der Waals surface area contributed by atoms with Gasteiger partial charge in [-0.1, -0.05) is 44.3 Å². The summed E-state index contributed by atoms with van der Waals surface area (Å²) < 4.78 is 0. The Morgan fingerprint density at radius 1 is 0.652 bits per heavy atom. The maximum absolute atomic E-state index is 3.89. The van der Waals surface area contributed by atoms with Crippen LogP contribution in [0.2, 0.25) is 0 Å². The lowest BCUT2D eigenvalue weighted by molar-refractivity contribution is 0.222. The molecule has 23 heavy (non-hydrogen) atoms. The molecule has 0 N–H and O–H groups in total. The van der Waals surface area contributed by atoms with Crippen LogP contribution in [-0.4, -0.2) is 0 Å². The fraction of sp³-hybridized carbons (Fsp3) is 0.826. The smallest absolute Gasteiger partial charge is 0.0323 e. The van der Waals surface area contributed by atoms with Crippen molar-refractivity contribution in [3.8, 4) is 0 Å². The van der Waals surface area contributed by atoms with Crippen LogP contribution in [0.25, 0.3) is 0 Å². The van der Waals surface area contributed by atoms with Crippen molar-refractivity contribution in [2.75, 3.05) is 0 Å². The summed E-state index contributed by atoms with van der Waals surface area (Å²) in [6.45, 7) is 7.74. The van der Waals surface area contributed by atoms with E-state index in [2.05, 4.69) is 25.3 Å². The zero-order valence-corrected chi connectivity index (χ0v) is 15.2. The van der Waals surface area contributed by atoms with Crippen molar-refractivity contribution in [3.63, 3.8) is 0 Å². The first-order valence-corrected chi connectivity index (χ1v) is 10.5. The van der Waals surface area contributed by atoms with Gasteiger partial charge in [-0.05, 0) is 86.9 Å². The third-order valence-corrected chi connectivity index (χ3v) is 7.45. The van der Waals surface area contributed by atoms with Gasteiger partial charge in [0.2, 0.25) is 0 Å². The van der Waals surface area contributed by atoms with Gasteiger partial charge in [-0.2, -0.15) is 0 Å². The number of hydrogen-bond donors (Lipinski definition) is 0. The van der Waals surface area contributed by atoms with Crippen LogP contribution in [-0.2, 0) is 0 Å². The lowest BCUT2D eigenvalue weighted by Gasteiger charge is -2.29. The van der Waals surface area contributed by atoms with E-state index in [4.69, 9.17) is 0 Å². The summed E-state index contributed by atoms with van der Waals surface area (Å²) in [5.74, 6) is 6.56. The van der Waals surface area contributed by atoms with E-state index in [-0.39, 0.29) is 0 Å². The number of rotatable bonds is 8. The molecule has 0 aromatic rings. The fourth-order valence-corrected chi connectivity index (χ4v) is 6.04. The van der Waals surface area contributed by atoms with Crippen molar-refractivity contribution in [2.45, 2.75) is 83.5 Å². The molecule has 3 rings (SSSR count). The second kappa shape index (κ2) is 8.54. The molecule has 2 unspecified atom stereocenters. The third-order valence-electron chi connectivity index (χ3n) is 7.45. The summed E-state index contributed by atoms with van der Waals surface area (Å²) >= 11 is 0. The molecule has 0 spiro atoms. The summed E-state index contributed by atoms with van der Waals surface area (Å²) in [5.41, 5.74) is 0. The fourth-order valence-electron chi connectivity index (χ4n) is 6.04. The summed E-state index contributed by atoms with van der Waals surface area (Å²) in [6, 6.07) is 0. The van der Waals surface area contributed by atoms with E-state index >= 15 is 0 Å². The first kappa shape index (κ1) is 17.3. The summed E-state index contributed by atoms with van der Waals surface area (Å²) in [7, 11) is 0. The number of hydrogen-bond acceptors (Lipinski definition) is 0. The van der Waals surface area contributed by atoms with E-state index < -0.39 is 0 Å². The Bertz CT molecular complexity index is 359. The van der Waals surface area contributed by atoms with Crippen LogP contribution >= 0.6 is 0 Å². The molecule has 3 aliphatic rings. The Morgan fingerprint density at radius 3 is 1.83 bits per heavy atom. The van der Waals surface area contributed by atoms with Crippen LogP contribution in [0.5, 0.6) is 0 Å². The molecule has 3 fully saturated rings. The molecule has 0 aromatic heterocycles. The molecule has 0 aliphatic heterocycles. The largest absolute Gasteiger partial charge is 0.103 e. The van der Waals surface area contributed by atoms with Crippen LogP contribution in [0.4, 0.5) is 0 Å². The van der Waals surface area contributed by atoms with Crippen LogP contribution in [0.3, 0.4) is 0 Å². The Labute approximate surface area is 144 Å². The average molecular weight is 315 g/mol. The van der Waals surface area contributed by atoms with Crippen molar-refractivity contribution in [1.82, 2.24) is 0 Å². The average Bonchev–Trinajstić information content (AvgIpc) is 3.30. The van der Waals surface area contributed by atoms with Gasteiger partial charge >= 0.3 is 0 Å². The minimum atomic E-state index is 1.02. The summed E-state index contributed by atoms with van der Waals surface area (Å²) in [5, 5.41) is 0. The highest BCUT2D eigenvalue weighted by molar-refractivity contribution is 5.02. The van der Waals surface area contributed by atoms with Gasteiger partial charge in [-0.25, -0.2) is 0 Å². The van der Waals surface area contributed by atoms with Crippen molar-refractivity contribution in [3.05, 3.63) is 25.3 Å². The molecule has 130 valence electrons. The van der Waals surface area contributed by atoms with Gasteiger partial charge in [-0.3, -0.25) is 0 Å². The number of unbranched alkanes of at least 4 members (excludes halogenated alkanes) is 1.